The summed E-state index contributed by atoms with van der Waals surface area (Å²) < 4.78 is 5.67. The van der Waals surface area contributed by atoms with Gasteiger partial charge in [-0.3, -0.25) is 9.59 Å². The zero-order valence-corrected chi connectivity index (χ0v) is 16.8. The number of benzene rings is 2. The Morgan fingerprint density at radius 3 is 2.29 bits per heavy atom. The van der Waals surface area contributed by atoms with Crippen molar-refractivity contribution in [3.05, 3.63) is 64.7 Å². The summed E-state index contributed by atoms with van der Waals surface area (Å²) in [4.78, 5) is 28.6. The van der Waals surface area contributed by atoms with Crippen molar-refractivity contribution in [3.8, 4) is 5.75 Å². The van der Waals surface area contributed by atoms with Crippen molar-refractivity contribution in [3.63, 3.8) is 0 Å². The highest BCUT2D eigenvalue weighted by Crippen LogP contribution is 2.18. The van der Waals surface area contributed by atoms with Crippen molar-refractivity contribution in [1.29, 1.82) is 0 Å². The maximum absolute atomic E-state index is 12.6. The third-order valence-electron chi connectivity index (χ3n) is 4.85. The lowest BCUT2D eigenvalue weighted by molar-refractivity contribution is -0.132. The molecule has 148 valence electrons. The van der Waals surface area contributed by atoms with Gasteiger partial charge in [-0.1, -0.05) is 41.4 Å². The van der Waals surface area contributed by atoms with Crippen LogP contribution in [0.4, 0.5) is 0 Å². The second-order valence-electron chi connectivity index (χ2n) is 6.92. The predicted molar refractivity (Wildman–Crippen MR) is 110 cm³/mol. The summed E-state index contributed by atoms with van der Waals surface area (Å²) in [5.41, 5.74) is 1.70. The fraction of sp³-hybridized carbons (Fsp3) is 0.364. The Hall–Kier alpha value is -2.53. The van der Waals surface area contributed by atoms with E-state index >= 15 is 0 Å². The van der Waals surface area contributed by atoms with Crippen molar-refractivity contribution in [2.75, 3.05) is 32.8 Å². The van der Waals surface area contributed by atoms with Gasteiger partial charge in [0.1, 0.15) is 5.75 Å². The molecule has 0 radical (unpaired) electrons. The summed E-state index contributed by atoms with van der Waals surface area (Å²) in [6, 6.07) is 14.9. The van der Waals surface area contributed by atoms with Crippen molar-refractivity contribution >= 4 is 23.4 Å². The van der Waals surface area contributed by atoms with E-state index in [1.807, 2.05) is 36.1 Å². The number of amides is 2. The van der Waals surface area contributed by atoms with Gasteiger partial charge in [-0.25, -0.2) is 0 Å². The Morgan fingerprint density at radius 1 is 0.964 bits per heavy atom. The third-order valence-corrected chi connectivity index (χ3v) is 5.18. The SMILES string of the molecule is Cc1ccc(OCCCC(=O)N2CCN(C(=O)c3ccccc3Cl)CC2)cc1. The topological polar surface area (TPSA) is 49.9 Å². The predicted octanol–water partition coefficient (Wildman–Crippen LogP) is 3.79. The molecule has 0 saturated carbocycles. The van der Waals surface area contributed by atoms with Gasteiger partial charge in [-0.05, 0) is 37.6 Å². The molecule has 0 aliphatic carbocycles. The molecule has 1 saturated heterocycles. The fourth-order valence-electron chi connectivity index (χ4n) is 3.17. The van der Waals surface area contributed by atoms with Gasteiger partial charge in [0.05, 0.1) is 17.2 Å². The van der Waals surface area contributed by atoms with Crippen LogP contribution in [-0.2, 0) is 4.79 Å². The number of aryl methyl sites for hydroxylation is 1. The number of rotatable bonds is 6. The first-order valence-electron chi connectivity index (χ1n) is 9.55. The fourth-order valence-corrected chi connectivity index (χ4v) is 3.39. The van der Waals surface area contributed by atoms with Crippen molar-refractivity contribution in [2.45, 2.75) is 19.8 Å². The van der Waals surface area contributed by atoms with Crippen LogP contribution in [0.5, 0.6) is 5.75 Å². The summed E-state index contributed by atoms with van der Waals surface area (Å²) in [7, 11) is 0. The molecule has 1 fully saturated rings. The van der Waals surface area contributed by atoms with Gasteiger partial charge in [-0.2, -0.15) is 0 Å². The molecule has 0 spiro atoms. The van der Waals surface area contributed by atoms with Crippen molar-refractivity contribution < 1.29 is 14.3 Å². The molecule has 0 atom stereocenters. The molecule has 1 heterocycles. The summed E-state index contributed by atoms with van der Waals surface area (Å²) in [5, 5.41) is 0.458. The standard InChI is InChI=1S/C22H25ClN2O3/c1-17-8-10-18(11-9-17)28-16-4-7-21(26)24-12-14-25(15-13-24)22(27)19-5-2-3-6-20(19)23/h2-3,5-6,8-11H,4,7,12-16H2,1H3. The first kappa shape index (κ1) is 20.2. The molecule has 1 aliphatic heterocycles. The summed E-state index contributed by atoms with van der Waals surface area (Å²) in [6.07, 6.45) is 1.12. The number of hydrogen-bond acceptors (Lipinski definition) is 3. The minimum Gasteiger partial charge on any atom is -0.494 e. The highest BCUT2D eigenvalue weighted by Gasteiger charge is 2.25. The van der Waals surface area contributed by atoms with E-state index in [1.54, 1.807) is 29.2 Å². The van der Waals surface area contributed by atoms with Gasteiger partial charge in [0.15, 0.2) is 0 Å². The molecule has 5 nitrogen and oxygen atoms in total. The average Bonchev–Trinajstić information content (AvgIpc) is 2.72. The van der Waals surface area contributed by atoms with E-state index in [2.05, 4.69) is 0 Å². The van der Waals surface area contributed by atoms with Crippen molar-refractivity contribution in [1.82, 2.24) is 9.80 Å². The molecule has 1 aliphatic rings. The lowest BCUT2D eigenvalue weighted by atomic mass is 10.1. The van der Waals surface area contributed by atoms with E-state index in [9.17, 15) is 9.59 Å². The van der Waals surface area contributed by atoms with E-state index in [1.165, 1.54) is 5.56 Å². The normalized spacial score (nSPS) is 14.1. The highest BCUT2D eigenvalue weighted by molar-refractivity contribution is 6.33. The maximum Gasteiger partial charge on any atom is 0.255 e. The summed E-state index contributed by atoms with van der Waals surface area (Å²) >= 11 is 6.12. The number of nitrogens with zero attached hydrogens (tertiary/aromatic N) is 2. The van der Waals surface area contributed by atoms with Gasteiger partial charge >= 0.3 is 0 Å². The van der Waals surface area contributed by atoms with E-state index in [-0.39, 0.29) is 11.8 Å². The summed E-state index contributed by atoms with van der Waals surface area (Å²) in [6.45, 7) is 4.69. The molecule has 0 bridgehead atoms. The number of hydrogen-bond donors (Lipinski definition) is 0. The van der Waals surface area contributed by atoms with Gasteiger partial charge in [-0.15, -0.1) is 0 Å². The lowest BCUT2D eigenvalue weighted by Crippen LogP contribution is -2.50. The molecule has 0 N–H and O–H groups in total. The molecule has 2 aromatic carbocycles. The molecule has 2 aromatic rings. The van der Waals surface area contributed by atoms with E-state index in [4.69, 9.17) is 16.3 Å². The average molecular weight is 401 g/mol. The number of carbonyl (C=O) groups is 2. The smallest absolute Gasteiger partial charge is 0.255 e. The second-order valence-corrected chi connectivity index (χ2v) is 7.33. The number of ether oxygens (including phenoxy) is 1. The molecule has 0 unspecified atom stereocenters. The molecule has 6 heteroatoms. The van der Waals surface area contributed by atoms with E-state index < -0.39 is 0 Å². The maximum atomic E-state index is 12.6. The first-order valence-corrected chi connectivity index (χ1v) is 9.93. The van der Waals surface area contributed by atoms with Crippen LogP contribution in [0.1, 0.15) is 28.8 Å². The zero-order valence-electron chi connectivity index (χ0n) is 16.1. The van der Waals surface area contributed by atoms with Gasteiger partial charge in [0, 0.05) is 32.6 Å². The Morgan fingerprint density at radius 2 is 1.61 bits per heavy atom. The van der Waals surface area contributed by atoms with Crippen molar-refractivity contribution in [2.24, 2.45) is 0 Å². The van der Waals surface area contributed by atoms with Crippen LogP contribution in [0.25, 0.3) is 0 Å². The Bertz CT molecular complexity index is 815. The van der Waals surface area contributed by atoms with Crippen LogP contribution in [-0.4, -0.2) is 54.4 Å². The number of halogens is 1. The largest absolute Gasteiger partial charge is 0.494 e. The van der Waals surface area contributed by atoms with Gasteiger partial charge in [0.25, 0.3) is 5.91 Å². The van der Waals surface area contributed by atoms with Crippen LogP contribution < -0.4 is 4.74 Å². The Kier molecular flexibility index (Phi) is 6.93. The van der Waals surface area contributed by atoms with Crippen LogP contribution in [0.3, 0.4) is 0 Å². The van der Waals surface area contributed by atoms with Crippen LogP contribution >= 0.6 is 11.6 Å². The quantitative estimate of drug-likeness (QED) is 0.693. The van der Waals surface area contributed by atoms with Gasteiger partial charge in [0.2, 0.25) is 5.91 Å². The monoisotopic (exact) mass is 400 g/mol. The Labute approximate surface area is 170 Å². The van der Waals surface area contributed by atoms with E-state index in [0.717, 1.165) is 5.75 Å². The van der Waals surface area contributed by atoms with Crippen LogP contribution in [0, 0.1) is 6.92 Å². The second kappa shape index (κ2) is 9.60. The molecule has 2 amide bonds. The molecule has 28 heavy (non-hydrogen) atoms. The number of piperazine rings is 1. The lowest BCUT2D eigenvalue weighted by Gasteiger charge is -2.35. The number of carbonyl (C=O) groups excluding carboxylic acids is 2. The zero-order chi connectivity index (χ0) is 19.9. The minimum absolute atomic E-state index is 0.0794. The van der Waals surface area contributed by atoms with E-state index in [0.29, 0.717) is 56.2 Å². The Balaban J connectivity index is 1.39. The van der Waals surface area contributed by atoms with Crippen LogP contribution in [0.2, 0.25) is 5.02 Å². The van der Waals surface area contributed by atoms with Gasteiger partial charge < -0.3 is 14.5 Å². The third kappa shape index (κ3) is 5.26. The molecular formula is C22H25ClN2O3. The molecule has 0 aromatic heterocycles. The molecule has 3 rings (SSSR count). The molecular weight excluding hydrogens is 376 g/mol. The first-order chi connectivity index (χ1) is 13.5. The van der Waals surface area contributed by atoms with Crippen LogP contribution in [0.15, 0.2) is 48.5 Å². The minimum atomic E-state index is -0.0794. The summed E-state index contributed by atoms with van der Waals surface area (Å²) in [5.74, 6) is 0.853. The highest BCUT2D eigenvalue weighted by atomic mass is 35.5.